The Labute approximate surface area is 165 Å². The minimum atomic E-state index is -4.39. The van der Waals surface area contributed by atoms with Gasteiger partial charge in [0.2, 0.25) is 5.91 Å². The van der Waals surface area contributed by atoms with Crippen LogP contribution < -0.4 is 10.3 Å². The molecular weight excluding hydrogens is 385 g/mol. The lowest BCUT2D eigenvalue weighted by atomic mass is 10.1. The molecule has 0 spiro atoms. The number of fused-ring (bicyclic) bond motifs is 1. The maximum atomic E-state index is 12.9. The Kier molecular flexibility index (Phi) is 5.10. The summed E-state index contributed by atoms with van der Waals surface area (Å²) in [7, 11) is 0. The van der Waals surface area contributed by atoms with Gasteiger partial charge >= 0.3 is 6.18 Å². The van der Waals surface area contributed by atoms with Gasteiger partial charge in [0, 0.05) is 18.8 Å². The summed E-state index contributed by atoms with van der Waals surface area (Å²) in [6.07, 6.45) is -1.19. The molecule has 8 heteroatoms. The number of benzene rings is 1. The van der Waals surface area contributed by atoms with Crippen LogP contribution in [0.4, 0.5) is 13.2 Å². The molecule has 1 fully saturated rings. The number of likely N-dealkylation sites (tertiary alicyclic amines) is 1. The second kappa shape index (κ2) is 7.57. The van der Waals surface area contributed by atoms with Crippen molar-refractivity contribution in [1.82, 2.24) is 9.47 Å². The molecule has 0 unspecified atom stereocenters. The maximum absolute atomic E-state index is 12.9. The smallest absolute Gasteiger partial charge is 0.416 e. The SMILES string of the molecule is O=C([C@@H]1CCc2ccc(OCc3ccc(C(F)(F)F)cc3)c(=O)n21)N1CCCC1. The number of hydrogen-bond acceptors (Lipinski definition) is 3. The quantitative estimate of drug-likeness (QED) is 0.780. The van der Waals surface area contributed by atoms with Gasteiger partial charge < -0.3 is 9.64 Å². The van der Waals surface area contributed by atoms with Crippen molar-refractivity contribution in [2.75, 3.05) is 13.1 Å². The van der Waals surface area contributed by atoms with Crippen molar-refractivity contribution in [2.24, 2.45) is 0 Å². The molecule has 0 bridgehead atoms. The first-order valence-electron chi connectivity index (χ1n) is 9.67. The molecule has 3 heterocycles. The van der Waals surface area contributed by atoms with Gasteiger partial charge in [-0.05, 0) is 55.5 Å². The Morgan fingerprint density at radius 1 is 1.07 bits per heavy atom. The van der Waals surface area contributed by atoms with Crippen LogP contribution in [0.25, 0.3) is 0 Å². The predicted octanol–water partition coefficient (Wildman–Crippen LogP) is 3.56. The Morgan fingerprint density at radius 3 is 2.41 bits per heavy atom. The molecule has 0 N–H and O–H groups in total. The highest BCUT2D eigenvalue weighted by Gasteiger charge is 2.34. The first-order chi connectivity index (χ1) is 13.8. The Hall–Kier alpha value is -2.77. The molecule has 0 aliphatic carbocycles. The van der Waals surface area contributed by atoms with E-state index in [2.05, 4.69) is 0 Å². The third-order valence-corrected chi connectivity index (χ3v) is 5.53. The molecule has 1 atom stereocenters. The van der Waals surface area contributed by atoms with Crippen molar-refractivity contribution in [1.29, 1.82) is 0 Å². The van der Waals surface area contributed by atoms with Crippen molar-refractivity contribution < 1.29 is 22.7 Å². The van der Waals surface area contributed by atoms with Crippen molar-refractivity contribution in [3.8, 4) is 5.75 Å². The summed E-state index contributed by atoms with van der Waals surface area (Å²) in [6, 6.07) is 7.46. The number of halogens is 3. The zero-order chi connectivity index (χ0) is 20.6. The number of nitrogens with zero attached hydrogens (tertiary/aromatic N) is 2. The summed E-state index contributed by atoms with van der Waals surface area (Å²) >= 11 is 0. The standard InChI is InChI=1S/C21H21F3N2O3/c22-21(23,24)15-5-3-14(4-6-15)13-29-18-10-8-16-7-9-17(26(16)20(18)28)19(27)25-11-1-2-12-25/h3-6,8,10,17H,1-2,7,9,11-13H2/t17-/m0/s1. The molecule has 2 aliphatic heterocycles. The first-order valence-corrected chi connectivity index (χ1v) is 9.67. The van der Waals surface area contributed by atoms with Gasteiger partial charge in [-0.1, -0.05) is 12.1 Å². The molecule has 4 rings (SSSR count). The fourth-order valence-corrected chi connectivity index (χ4v) is 3.97. The fraction of sp³-hybridized carbons (Fsp3) is 0.429. The average Bonchev–Trinajstić information content (AvgIpc) is 3.37. The monoisotopic (exact) mass is 406 g/mol. The lowest BCUT2D eigenvalue weighted by molar-refractivity contribution is -0.137. The van der Waals surface area contributed by atoms with Gasteiger partial charge in [-0.25, -0.2) is 0 Å². The summed E-state index contributed by atoms with van der Waals surface area (Å²) < 4.78 is 45.1. The highest BCUT2D eigenvalue weighted by molar-refractivity contribution is 5.81. The van der Waals surface area contributed by atoms with Crippen molar-refractivity contribution in [2.45, 2.75) is 44.5 Å². The topological polar surface area (TPSA) is 51.5 Å². The van der Waals surface area contributed by atoms with E-state index in [4.69, 9.17) is 4.74 Å². The van der Waals surface area contributed by atoms with E-state index in [-0.39, 0.29) is 23.8 Å². The Morgan fingerprint density at radius 2 is 1.76 bits per heavy atom. The highest BCUT2D eigenvalue weighted by Crippen LogP contribution is 2.30. The Balaban J connectivity index is 1.50. The molecule has 1 aromatic heterocycles. The van der Waals surface area contributed by atoms with Gasteiger partial charge in [-0.3, -0.25) is 14.2 Å². The molecule has 0 radical (unpaired) electrons. The van der Waals surface area contributed by atoms with E-state index >= 15 is 0 Å². The van der Waals surface area contributed by atoms with Crippen LogP contribution in [0.5, 0.6) is 5.75 Å². The summed E-state index contributed by atoms with van der Waals surface area (Å²) in [5.74, 6) is 0.0676. The molecule has 2 aliphatic rings. The second-order valence-corrected chi connectivity index (χ2v) is 7.43. The molecule has 1 amide bonds. The lowest BCUT2D eigenvalue weighted by Gasteiger charge is -2.22. The number of amides is 1. The second-order valence-electron chi connectivity index (χ2n) is 7.43. The minimum absolute atomic E-state index is 0.0248. The van der Waals surface area contributed by atoms with Gasteiger partial charge in [0.05, 0.1) is 5.56 Å². The van der Waals surface area contributed by atoms with Gasteiger partial charge in [0.1, 0.15) is 12.6 Å². The van der Waals surface area contributed by atoms with Gasteiger partial charge in [0.15, 0.2) is 5.75 Å². The number of rotatable bonds is 4. The number of pyridine rings is 1. The average molecular weight is 406 g/mol. The van der Waals surface area contributed by atoms with Crippen LogP contribution in [0, 0.1) is 0 Å². The zero-order valence-corrected chi connectivity index (χ0v) is 15.7. The molecule has 154 valence electrons. The van der Waals surface area contributed by atoms with Crippen molar-refractivity contribution in [3.05, 3.63) is 63.6 Å². The molecule has 2 aromatic rings. The van der Waals surface area contributed by atoms with Crippen LogP contribution in [0.3, 0.4) is 0 Å². The fourth-order valence-electron chi connectivity index (χ4n) is 3.97. The normalized spacial score (nSPS) is 18.7. The number of hydrogen-bond donors (Lipinski definition) is 0. The predicted molar refractivity (Wildman–Crippen MR) is 99.7 cm³/mol. The van der Waals surface area contributed by atoms with Crippen LogP contribution in [0.2, 0.25) is 0 Å². The van der Waals surface area contributed by atoms with E-state index in [1.54, 1.807) is 12.1 Å². The lowest BCUT2D eigenvalue weighted by Crippen LogP contribution is -2.37. The largest absolute Gasteiger partial charge is 0.483 e. The van der Waals surface area contributed by atoms with E-state index in [0.717, 1.165) is 43.8 Å². The molecule has 0 saturated carbocycles. The molecule has 1 aromatic carbocycles. The van der Waals surface area contributed by atoms with Crippen LogP contribution >= 0.6 is 0 Å². The molecule has 5 nitrogen and oxygen atoms in total. The Bertz CT molecular complexity index is 961. The van der Waals surface area contributed by atoms with E-state index in [0.29, 0.717) is 18.4 Å². The van der Waals surface area contributed by atoms with Crippen LogP contribution in [-0.2, 0) is 24.0 Å². The van der Waals surface area contributed by atoms with E-state index in [1.807, 2.05) is 4.90 Å². The number of aromatic nitrogens is 1. The third-order valence-electron chi connectivity index (χ3n) is 5.53. The van der Waals surface area contributed by atoms with Crippen LogP contribution in [0.15, 0.2) is 41.2 Å². The van der Waals surface area contributed by atoms with E-state index in [1.165, 1.54) is 16.7 Å². The number of carbonyl (C=O) groups excluding carboxylic acids is 1. The zero-order valence-electron chi connectivity index (χ0n) is 15.7. The maximum Gasteiger partial charge on any atom is 0.416 e. The first kappa shape index (κ1) is 19.5. The summed E-state index contributed by atoms with van der Waals surface area (Å²) in [5.41, 5.74) is 0.216. The molecular formula is C21H21F3N2O3. The number of carbonyl (C=O) groups is 1. The highest BCUT2D eigenvalue weighted by atomic mass is 19.4. The third kappa shape index (κ3) is 3.88. The van der Waals surface area contributed by atoms with Crippen LogP contribution in [-0.4, -0.2) is 28.5 Å². The van der Waals surface area contributed by atoms with Crippen molar-refractivity contribution >= 4 is 5.91 Å². The molecule has 1 saturated heterocycles. The van der Waals surface area contributed by atoms with Gasteiger partial charge in [-0.15, -0.1) is 0 Å². The number of ether oxygens (including phenoxy) is 1. The van der Waals surface area contributed by atoms with E-state index in [9.17, 15) is 22.8 Å². The minimum Gasteiger partial charge on any atom is -0.483 e. The number of aryl methyl sites for hydroxylation is 1. The molecule has 29 heavy (non-hydrogen) atoms. The summed E-state index contributed by atoms with van der Waals surface area (Å²) in [6.45, 7) is 1.42. The van der Waals surface area contributed by atoms with Gasteiger partial charge in [0.25, 0.3) is 5.56 Å². The summed E-state index contributed by atoms with van der Waals surface area (Å²) in [5, 5.41) is 0. The van der Waals surface area contributed by atoms with E-state index < -0.39 is 17.8 Å². The van der Waals surface area contributed by atoms with Crippen LogP contribution in [0.1, 0.15) is 42.1 Å². The summed E-state index contributed by atoms with van der Waals surface area (Å²) in [4.78, 5) is 27.5. The number of alkyl halides is 3. The van der Waals surface area contributed by atoms with Crippen molar-refractivity contribution in [3.63, 3.8) is 0 Å². The van der Waals surface area contributed by atoms with Gasteiger partial charge in [-0.2, -0.15) is 13.2 Å².